The van der Waals surface area contributed by atoms with Crippen LogP contribution >= 0.6 is 0 Å². The van der Waals surface area contributed by atoms with Crippen molar-refractivity contribution in [3.8, 4) is 5.75 Å². The maximum Gasteiger partial charge on any atom is 0.228 e. The number of rotatable bonds is 7. The summed E-state index contributed by atoms with van der Waals surface area (Å²) in [6.07, 6.45) is 0.253. The number of ketones is 1. The van der Waals surface area contributed by atoms with Gasteiger partial charge >= 0.3 is 0 Å². The Kier molecular flexibility index (Phi) is 6.00. The van der Waals surface area contributed by atoms with Gasteiger partial charge in [-0.15, -0.1) is 0 Å². The monoisotopic (exact) mass is 359 g/mol. The van der Waals surface area contributed by atoms with Crippen molar-refractivity contribution in [1.82, 2.24) is 0 Å². The van der Waals surface area contributed by atoms with Gasteiger partial charge in [0.2, 0.25) is 5.91 Å². The van der Waals surface area contributed by atoms with Gasteiger partial charge in [-0.05, 0) is 36.8 Å². The van der Waals surface area contributed by atoms with Gasteiger partial charge in [0.25, 0.3) is 0 Å². The smallest absolute Gasteiger partial charge is 0.228 e. The molecule has 0 radical (unpaired) electrons. The maximum absolute atomic E-state index is 12.5. The van der Waals surface area contributed by atoms with Crippen LogP contribution in [0.15, 0.2) is 78.9 Å². The zero-order chi connectivity index (χ0) is 19.1. The molecule has 0 aliphatic rings. The van der Waals surface area contributed by atoms with E-state index < -0.39 is 0 Å². The lowest BCUT2D eigenvalue weighted by molar-refractivity contribution is -0.115. The summed E-state index contributed by atoms with van der Waals surface area (Å²) in [4.78, 5) is 24.9. The van der Waals surface area contributed by atoms with Gasteiger partial charge in [-0.1, -0.05) is 54.6 Å². The Bertz CT molecular complexity index is 918. The quantitative estimate of drug-likeness (QED) is 0.632. The zero-order valence-electron chi connectivity index (χ0n) is 15.1. The molecule has 0 atom stereocenters. The summed E-state index contributed by atoms with van der Waals surface area (Å²) in [5, 5.41) is 2.85. The minimum Gasteiger partial charge on any atom is -0.494 e. The lowest BCUT2D eigenvalue weighted by atomic mass is 10.0. The van der Waals surface area contributed by atoms with Crippen LogP contribution in [-0.2, 0) is 11.2 Å². The van der Waals surface area contributed by atoms with E-state index in [4.69, 9.17) is 4.74 Å². The van der Waals surface area contributed by atoms with Crippen LogP contribution in [0.3, 0.4) is 0 Å². The second kappa shape index (κ2) is 8.81. The molecule has 27 heavy (non-hydrogen) atoms. The average molecular weight is 359 g/mol. The third-order valence-electron chi connectivity index (χ3n) is 4.04. The first-order chi connectivity index (χ1) is 13.2. The fourth-order valence-corrected chi connectivity index (χ4v) is 2.76. The van der Waals surface area contributed by atoms with E-state index >= 15 is 0 Å². The highest BCUT2D eigenvalue weighted by Crippen LogP contribution is 2.16. The van der Waals surface area contributed by atoms with Crippen LogP contribution in [0.25, 0.3) is 0 Å². The molecule has 0 spiro atoms. The summed E-state index contributed by atoms with van der Waals surface area (Å²) >= 11 is 0. The Labute approximate surface area is 158 Å². The summed E-state index contributed by atoms with van der Waals surface area (Å²) in [7, 11) is 0. The molecule has 4 nitrogen and oxygen atoms in total. The van der Waals surface area contributed by atoms with Crippen LogP contribution in [-0.4, -0.2) is 18.3 Å². The Hall–Kier alpha value is -3.40. The largest absolute Gasteiger partial charge is 0.494 e. The summed E-state index contributed by atoms with van der Waals surface area (Å²) in [5.74, 6) is 0.579. The number of hydrogen-bond donors (Lipinski definition) is 1. The molecule has 3 aromatic carbocycles. The van der Waals surface area contributed by atoms with E-state index in [0.717, 1.165) is 11.3 Å². The third kappa shape index (κ3) is 5.05. The molecule has 3 aromatic rings. The molecule has 1 amide bonds. The van der Waals surface area contributed by atoms with E-state index in [1.54, 1.807) is 36.4 Å². The van der Waals surface area contributed by atoms with E-state index in [1.807, 2.05) is 49.4 Å². The van der Waals surface area contributed by atoms with Crippen LogP contribution < -0.4 is 10.1 Å². The summed E-state index contributed by atoms with van der Waals surface area (Å²) in [6, 6.07) is 23.5. The fraction of sp³-hybridized carbons (Fsp3) is 0.130. The van der Waals surface area contributed by atoms with Gasteiger partial charge in [0.15, 0.2) is 5.78 Å². The zero-order valence-corrected chi connectivity index (χ0v) is 15.1. The van der Waals surface area contributed by atoms with Gasteiger partial charge in [-0.25, -0.2) is 0 Å². The SMILES string of the molecule is CCOc1ccc(CC(=O)Nc2cccc(C(=O)c3ccccc3)c2)cc1. The number of carbonyl (C=O) groups excluding carboxylic acids is 2. The molecule has 0 aliphatic carbocycles. The topological polar surface area (TPSA) is 55.4 Å². The molecule has 0 fully saturated rings. The number of hydrogen-bond acceptors (Lipinski definition) is 3. The van der Waals surface area contributed by atoms with Crippen molar-refractivity contribution in [3.05, 3.63) is 95.6 Å². The highest BCUT2D eigenvalue weighted by Gasteiger charge is 2.10. The maximum atomic E-state index is 12.5. The Morgan fingerprint density at radius 2 is 1.56 bits per heavy atom. The molecule has 0 bridgehead atoms. The number of anilines is 1. The van der Waals surface area contributed by atoms with Crippen molar-refractivity contribution in [2.45, 2.75) is 13.3 Å². The van der Waals surface area contributed by atoms with Gasteiger partial charge in [0.1, 0.15) is 5.75 Å². The van der Waals surface area contributed by atoms with Gasteiger partial charge in [-0.2, -0.15) is 0 Å². The highest BCUT2D eigenvalue weighted by atomic mass is 16.5. The lowest BCUT2D eigenvalue weighted by Gasteiger charge is -2.08. The Morgan fingerprint density at radius 1 is 0.852 bits per heavy atom. The van der Waals surface area contributed by atoms with Crippen LogP contribution in [0.2, 0.25) is 0 Å². The number of carbonyl (C=O) groups is 2. The molecule has 0 aromatic heterocycles. The van der Waals surface area contributed by atoms with E-state index in [2.05, 4.69) is 5.32 Å². The lowest BCUT2D eigenvalue weighted by Crippen LogP contribution is -2.14. The van der Waals surface area contributed by atoms with Gasteiger partial charge in [0.05, 0.1) is 13.0 Å². The van der Waals surface area contributed by atoms with Crippen LogP contribution in [0, 0.1) is 0 Å². The van der Waals surface area contributed by atoms with E-state index in [-0.39, 0.29) is 18.1 Å². The molecular formula is C23H21NO3. The first-order valence-corrected chi connectivity index (χ1v) is 8.87. The minimum absolute atomic E-state index is 0.0711. The molecule has 0 unspecified atom stereocenters. The van der Waals surface area contributed by atoms with Crippen molar-refractivity contribution >= 4 is 17.4 Å². The molecule has 0 saturated heterocycles. The van der Waals surface area contributed by atoms with E-state index in [9.17, 15) is 9.59 Å². The van der Waals surface area contributed by atoms with Gasteiger partial charge < -0.3 is 10.1 Å². The second-order valence-electron chi connectivity index (χ2n) is 6.08. The number of amides is 1. The molecule has 3 rings (SSSR count). The molecule has 136 valence electrons. The van der Waals surface area contributed by atoms with Crippen molar-refractivity contribution in [2.24, 2.45) is 0 Å². The van der Waals surface area contributed by atoms with Gasteiger partial charge in [-0.3, -0.25) is 9.59 Å². The highest BCUT2D eigenvalue weighted by molar-refractivity contribution is 6.09. The second-order valence-corrected chi connectivity index (χ2v) is 6.08. The number of benzene rings is 3. The fourth-order valence-electron chi connectivity index (χ4n) is 2.76. The summed E-state index contributed by atoms with van der Waals surface area (Å²) < 4.78 is 5.40. The molecule has 1 N–H and O–H groups in total. The number of ether oxygens (including phenoxy) is 1. The standard InChI is InChI=1S/C23H21NO3/c1-2-27-21-13-11-17(12-14-21)15-22(25)24-20-10-6-9-19(16-20)23(26)18-7-4-3-5-8-18/h3-14,16H,2,15H2,1H3,(H,24,25). The van der Waals surface area contributed by atoms with E-state index in [1.165, 1.54) is 0 Å². The predicted octanol–water partition coefficient (Wildman–Crippen LogP) is 4.50. The third-order valence-corrected chi connectivity index (χ3v) is 4.04. The molecule has 0 aliphatic heterocycles. The Morgan fingerprint density at radius 3 is 2.26 bits per heavy atom. The van der Waals surface area contributed by atoms with Crippen LogP contribution in [0.1, 0.15) is 28.4 Å². The number of nitrogens with one attached hydrogen (secondary N) is 1. The van der Waals surface area contributed by atoms with E-state index in [0.29, 0.717) is 23.4 Å². The molecule has 0 heterocycles. The van der Waals surface area contributed by atoms with Crippen molar-refractivity contribution in [3.63, 3.8) is 0 Å². The summed E-state index contributed by atoms with van der Waals surface area (Å²) in [6.45, 7) is 2.54. The van der Waals surface area contributed by atoms with Crippen molar-refractivity contribution < 1.29 is 14.3 Å². The van der Waals surface area contributed by atoms with Gasteiger partial charge in [0, 0.05) is 16.8 Å². The predicted molar refractivity (Wildman–Crippen MR) is 106 cm³/mol. The van der Waals surface area contributed by atoms with Crippen LogP contribution in [0.5, 0.6) is 5.75 Å². The average Bonchev–Trinajstić information content (AvgIpc) is 2.70. The minimum atomic E-state index is -0.136. The first-order valence-electron chi connectivity index (χ1n) is 8.87. The van der Waals surface area contributed by atoms with Crippen molar-refractivity contribution in [2.75, 3.05) is 11.9 Å². The van der Waals surface area contributed by atoms with Crippen LogP contribution in [0.4, 0.5) is 5.69 Å². The molecule has 0 saturated carbocycles. The normalized spacial score (nSPS) is 10.3. The summed E-state index contributed by atoms with van der Waals surface area (Å²) in [5.41, 5.74) is 2.66. The Balaban J connectivity index is 1.65. The molecule has 4 heteroatoms. The van der Waals surface area contributed by atoms with Crippen molar-refractivity contribution in [1.29, 1.82) is 0 Å². The molecular weight excluding hydrogens is 338 g/mol. The first kappa shape index (κ1) is 18.4.